The van der Waals surface area contributed by atoms with Gasteiger partial charge in [-0.1, -0.05) is 29.8 Å². The van der Waals surface area contributed by atoms with Gasteiger partial charge in [0.1, 0.15) is 5.82 Å². The first-order valence-electron chi connectivity index (χ1n) is 11.0. The number of benzene rings is 2. The number of carbonyl (C=O) groups excluding carboxylic acids is 1. The molecule has 1 amide bonds. The van der Waals surface area contributed by atoms with Gasteiger partial charge in [-0.15, -0.1) is 0 Å². The Morgan fingerprint density at radius 2 is 1.65 bits per heavy atom. The average Bonchev–Trinajstić information content (AvgIpc) is 3.30. The standard InChI is InChI=1S/C27H17F5N4O/c1-15-7-9-17(10-8-15)35-26(37)20-12-16(13-33-24(20)27(30,31)32)18-5-3-11-36-22(18)14-34-25(36)19-4-2-6-21(28)23(19)29/h2-14H,1H3,(H,35,37). The molecule has 0 aliphatic rings. The summed E-state index contributed by atoms with van der Waals surface area (Å²) in [6, 6.07) is 14.6. The van der Waals surface area contributed by atoms with Crippen molar-refractivity contribution in [3.63, 3.8) is 0 Å². The zero-order chi connectivity index (χ0) is 26.3. The molecular formula is C27H17F5N4O. The van der Waals surface area contributed by atoms with E-state index in [4.69, 9.17) is 0 Å². The van der Waals surface area contributed by atoms with Crippen molar-refractivity contribution in [2.45, 2.75) is 13.1 Å². The van der Waals surface area contributed by atoms with Crippen molar-refractivity contribution in [1.29, 1.82) is 0 Å². The Morgan fingerprint density at radius 3 is 2.38 bits per heavy atom. The molecule has 0 radical (unpaired) electrons. The van der Waals surface area contributed by atoms with Crippen LogP contribution in [0.4, 0.5) is 27.6 Å². The van der Waals surface area contributed by atoms with Crippen LogP contribution in [0.15, 0.2) is 79.3 Å². The van der Waals surface area contributed by atoms with E-state index in [0.717, 1.165) is 23.9 Å². The SMILES string of the molecule is Cc1ccc(NC(=O)c2cc(-c3cccn4c(-c5cccc(F)c5F)ncc34)cnc2C(F)(F)F)cc1. The molecule has 0 aliphatic carbocycles. The normalized spacial score (nSPS) is 11.6. The highest BCUT2D eigenvalue weighted by Gasteiger charge is 2.37. The van der Waals surface area contributed by atoms with Crippen LogP contribution in [0, 0.1) is 18.6 Å². The van der Waals surface area contributed by atoms with E-state index in [1.165, 1.54) is 22.7 Å². The van der Waals surface area contributed by atoms with Gasteiger partial charge in [0.05, 0.1) is 22.8 Å². The van der Waals surface area contributed by atoms with E-state index in [2.05, 4.69) is 15.3 Å². The number of hydrogen-bond donors (Lipinski definition) is 1. The number of hydrogen-bond acceptors (Lipinski definition) is 3. The molecule has 0 saturated heterocycles. The molecule has 0 aliphatic heterocycles. The molecule has 10 heteroatoms. The molecule has 0 fully saturated rings. The van der Waals surface area contributed by atoms with Gasteiger partial charge < -0.3 is 5.32 Å². The predicted octanol–water partition coefficient (Wildman–Crippen LogP) is 6.92. The average molecular weight is 508 g/mol. The van der Waals surface area contributed by atoms with E-state index in [1.807, 2.05) is 6.92 Å². The lowest BCUT2D eigenvalue weighted by Gasteiger charge is -2.14. The number of pyridine rings is 2. The van der Waals surface area contributed by atoms with Crippen LogP contribution in [0.3, 0.4) is 0 Å². The molecule has 5 rings (SSSR count). The number of aromatic nitrogens is 3. The molecule has 0 unspecified atom stereocenters. The van der Waals surface area contributed by atoms with Crippen molar-refractivity contribution >= 4 is 17.1 Å². The van der Waals surface area contributed by atoms with Gasteiger partial charge in [0.15, 0.2) is 17.3 Å². The summed E-state index contributed by atoms with van der Waals surface area (Å²) in [5, 5.41) is 2.48. The van der Waals surface area contributed by atoms with Crippen LogP contribution in [0.2, 0.25) is 0 Å². The maximum absolute atomic E-state index is 14.4. The molecule has 5 nitrogen and oxygen atoms in total. The fourth-order valence-electron chi connectivity index (χ4n) is 3.99. The zero-order valence-electron chi connectivity index (χ0n) is 19.1. The number of nitrogens with zero attached hydrogens (tertiary/aromatic N) is 3. The lowest BCUT2D eigenvalue weighted by Crippen LogP contribution is -2.20. The predicted molar refractivity (Wildman–Crippen MR) is 128 cm³/mol. The minimum atomic E-state index is -4.87. The van der Waals surface area contributed by atoms with Gasteiger partial charge in [-0.25, -0.2) is 13.8 Å². The van der Waals surface area contributed by atoms with E-state index in [0.29, 0.717) is 16.8 Å². The maximum Gasteiger partial charge on any atom is 0.434 e. The summed E-state index contributed by atoms with van der Waals surface area (Å²) in [6.07, 6.45) is -0.911. The summed E-state index contributed by atoms with van der Waals surface area (Å²) in [6.45, 7) is 1.84. The van der Waals surface area contributed by atoms with Gasteiger partial charge in [0.2, 0.25) is 0 Å². The number of fused-ring (bicyclic) bond motifs is 1. The molecule has 2 aromatic carbocycles. The van der Waals surface area contributed by atoms with Crippen LogP contribution >= 0.6 is 0 Å². The van der Waals surface area contributed by atoms with Crippen LogP contribution in [0.25, 0.3) is 28.0 Å². The third-order valence-corrected chi connectivity index (χ3v) is 5.78. The first-order valence-corrected chi connectivity index (χ1v) is 11.0. The number of carbonyl (C=O) groups is 1. The van der Waals surface area contributed by atoms with Gasteiger partial charge in [0.25, 0.3) is 5.91 Å². The zero-order valence-corrected chi connectivity index (χ0v) is 19.1. The van der Waals surface area contributed by atoms with Crippen molar-refractivity contribution in [2.75, 3.05) is 5.32 Å². The highest BCUT2D eigenvalue weighted by molar-refractivity contribution is 6.06. The lowest BCUT2D eigenvalue weighted by atomic mass is 10.0. The van der Waals surface area contributed by atoms with Crippen molar-refractivity contribution < 1.29 is 26.7 Å². The second-order valence-electron chi connectivity index (χ2n) is 8.30. The number of aryl methyl sites for hydroxylation is 1. The van der Waals surface area contributed by atoms with Crippen LogP contribution in [0.1, 0.15) is 21.6 Å². The smallest absolute Gasteiger partial charge is 0.322 e. The van der Waals surface area contributed by atoms with E-state index < -0.39 is 35.0 Å². The van der Waals surface area contributed by atoms with Crippen LogP contribution in [-0.4, -0.2) is 20.3 Å². The quantitative estimate of drug-likeness (QED) is 0.268. The number of imidazole rings is 1. The van der Waals surface area contributed by atoms with Gasteiger partial charge in [-0.05, 0) is 43.3 Å². The van der Waals surface area contributed by atoms with Crippen LogP contribution < -0.4 is 5.32 Å². The first kappa shape index (κ1) is 24.1. The summed E-state index contributed by atoms with van der Waals surface area (Å²) < 4.78 is 70.9. The fourth-order valence-corrected chi connectivity index (χ4v) is 3.99. The monoisotopic (exact) mass is 508 g/mol. The maximum atomic E-state index is 14.4. The summed E-state index contributed by atoms with van der Waals surface area (Å²) in [4.78, 5) is 20.7. The molecule has 0 bridgehead atoms. The van der Waals surface area contributed by atoms with Crippen LogP contribution in [-0.2, 0) is 6.18 Å². The topological polar surface area (TPSA) is 59.3 Å². The van der Waals surface area contributed by atoms with E-state index in [-0.39, 0.29) is 17.0 Å². The van der Waals surface area contributed by atoms with Crippen LogP contribution in [0.5, 0.6) is 0 Å². The lowest BCUT2D eigenvalue weighted by molar-refractivity contribution is -0.141. The molecule has 5 aromatic rings. The number of amides is 1. The summed E-state index contributed by atoms with van der Waals surface area (Å²) >= 11 is 0. The number of rotatable bonds is 4. The highest BCUT2D eigenvalue weighted by Crippen LogP contribution is 2.35. The van der Waals surface area contributed by atoms with Crippen molar-refractivity contribution in [3.05, 3.63) is 108 Å². The molecule has 0 atom stereocenters. The second-order valence-corrected chi connectivity index (χ2v) is 8.30. The Morgan fingerprint density at radius 1 is 0.919 bits per heavy atom. The molecule has 3 aromatic heterocycles. The highest BCUT2D eigenvalue weighted by atomic mass is 19.4. The Hall–Kier alpha value is -4.60. The minimum Gasteiger partial charge on any atom is -0.322 e. The summed E-state index contributed by atoms with van der Waals surface area (Å²) in [5.41, 5.74) is 0.168. The molecule has 37 heavy (non-hydrogen) atoms. The van der Waals surface area contributed by atoms with E-state index >= 15 is 0 Å². The first-order chi connectivity index (χ1) is 17.6. The van der Waals surface area contributed by atoms with Crippen molar-refractivity contribution in [3.8, 4) is 22.5 Å². The Bertz CT molecular complexity index is 1640. The third-order valence-electron chi connectivity index (χ3n) is 5.78. The summed E-state index contributed by atoms with van der Waals surface area (Å²) in [7, 11) is 0. The molecule has 0 spiro atoms. The van der Waals surface area contributed by atoms with E-state index in [1.54, 1.807) is 42.6 Å². The Kier molecular flexibility index (Phi) is 5.94. The number of anilines is 1. The van der Waals surface area contributed by atoms with Gasteiger partial charge in [-0.3, -0.25) is 14.2 Å². The molecule has 0 saturated carbocycles. The Balaban J connectivity index is 1.61. The molecular weight excluding hydrogens is 491 g/mol. The largest absolute Gasteiger partial charge is 0.434 e. The molecule has 3 heterocycles. The fraction of sp³-hybridized carbons (Fsp3) is 0.0741. The van der Waals surface area contributed by atoms with E-state index in [9.17, 15) is 26.7 Å². The molecule has 1 N–H and O–H groups in total. The van der Waals surface area contributed by atoms with Gasteiger partial charge >= 0.3 is 6.18 Å². The van der Waals surface area contributed by atoms with Crippen molar-refractivity contribution in [1.82, 2.24) is 14.4 Å². The number of nitrogens with one attached hydrogen (secondary N) is 1. The van der Waals surface area contributed by atoms with Gasteiger partial charge in [0, 0.05) is 29.2 Å². The third kappa shape index (κ3) is 4.53. The summed E-state index contributed by atoms with van der Waals surface area (Å²) in [5.74, 6) is -2.99. The number of halogens is 5. The second kappa shape index (κ2) is 9.12. The number of alkyl halides is 3. The van der Waals surface area contributed by atoms with Gasteiger partial charge in [-0.2, -0.15) is 13.2 Å². The Labute approximate surface area is 207 Å². The van der Waals surface area contributed by atoms with Crippen molar-refractivity contribution in [2.24, 2.45) is 0 Å². The minimum absolute atomic E-state index is 0.0825. The molecule has 186 valence electrons.